The van der Waals surface area contributed by atoms with Crippen molar-refractivity contribution in [1.82, 2.24) is 14.9 Å². The van der Waals surface area contributed by atoms with Gasteiger partial charge in [0.25, 0.3) is 0 Å². The first-order valence-corrected chi connectivity index (χ1v) is 7.04. The average molecular weight is 264 g/mol. The fourth-order valence-electron chi connectivity index (χ4n) is 2.76. The first kappa shape index (κ1) is 12.0. The maximum absolute atomic E-state index is 6.11. The third kappa shape index (κ3) is 2.02. The van der Waals surface area contributed by atoms with Crippen molar-refractivity contribution < 1.29 is 0 Å². The summed E-state index contributed by atoms with van der Waals surface area (Å²) in [5.74, 6) is 1.77. The zero-order chi connectivity index (χ0) is 12.5. The number of aryl methyl sites for hydroxylation is 1. The Morgan fingerprint density at radius 3 is 3.11 bits per heavy atom. The number of imidazole rings is 1. The minimum Gasteiger partial charge on any atom is -0.328 e. The van der Waals surface area contributed by atoms with E-state index in [9.17, 15) is 0 Å². The highest BCUT2D eigenvalue weighted by molar-refractivity contribution is 6.31. The molecule has 2 aromatic rings. The van der Waals surface area contributed by atoms with Gasteiger partial charge in [-0.05, 0) is 37.6 Å². The molecule has 0 amide bonds. The van der Waals surface area contributed by atoms with E-state index in [4.69, 9.17) is 16.6 Å². The Hall–Kier alpha value is -1.06. The van der Waals surface area contributed by atoms with E-state index in [2.05, 4.69) is 16.8 Å². The van der Waals surface area contributed by atoms with Crippen LogP contribution in [0.25, 0.3) is 11.0 Å². The number of nitrogens with one attached hydrogen (secondary N) is 1. The smallest absolute Gasteiger partial charge is 0.114 e. The molecule has 1 unspecified atom stereocenters. The fraction of sp³-hybridized carbons (Fsp3) is 0.500. The van der Waals surface area contributed by atoms with E-state index in [0.29, 0.717) is 5.92 Å². The number of aromatic nitrogens is 2. The van der Waals surface area contributed by atoms with Gasteiger partial charge in [-0.1, -0.05) is 18.5 Å². The molecule has 3 nitrogen and oxygen atoms in total. The molecule has 1 aliphatic rings. The molecule has 4 heteroatoms. The van der Waals surface area contributed by atoms with Crippen molar-refractivity contribution in [1.29, 1.82) is 0 Å². The molecule has 0 radical (unpaired) electrons. The van der Waals surface area contributed by atoms with Gasteiger partial charge in [0, 0.05) is 24.0 Å². The van der Waals surface area contributed by atoms with Gasteiger partial charge in [0.2, 0.25) is 0 Å². The number of rotatable bonds is 3. The van der Waals surface area contributed by atoms with E-state index in [0.717, 1.165) is 36.6 Å². The molecule has 1 fully saturated rings. The summed E-state index contributed by atoms with van der Waals surface area (Å²) in [6.45, 7) is 5.36. The summed E-state index contributed by atoms with van der Waals surface area (Å²) in [5, 5.41) is 4.20. The zero-order valence-corrected chi connectivity index (χ0v) is 11.4. The number of hydrogen-bond acceptors (Lipinski definition) is 2. The van der Waals surface area contributed by atoms with Gasteiger partial charge in [-0.2, -0.15) is 0 Å². The second-order valence-electron chi connectivity index (χ2n) is 4.94. The second-order valence-corrected chi connectivity index (χ2v) is 5.38. The molecule has 2 heterocycles. The quantitative estimate of drug-likeness (QED) is 0.922. The van der Waals surface area contributed by atoms with Gasteiger partial charge in [-0.25, -0.2) is 4.98 Å². The van der Waals surface area contributed by atoms with Crippen molar-refractivity contribution in [2.75, 3.05) is 13.1 Å². The molecule has 0 spiro atoms. The van der Waals surface area contributed by atoms with E-state index in [1.807, 2.05) is 18.2 Å². The molecule has 1 N–H and O–H groups in total. The van der Waals surface area contributed by atoms with E-state index >= 15 is 0 Å². The van der Waals surface area contributed by atoms with Crippen LogP contribution in [0.4, 0.5) is 0 Å². The van der Waals surface area contributed by atoms with E-state index in [1.165, 1.54) is 17.8 Å². The van der Waals surface area contributed by atoms with Crippen LogP contribution in [0.2, 0.25) is 5.02 Å². The lowest BCUT2D eigenvalue weighted by Crippen LogP contribution is -2.12. The number of benzene rings is 1. The van der Waals surface area contributed by atoms with Crippen LogP contribution in [0.5, 0.6) is 0 Å². The Bertz CT molecular complexity index is 555. The molecule has 3 rings (SSSR count). The van der Waals surface area contributed by atoms with Crippen LogP contribution in [0, 0.1) is 0 Å². The van der Waals surface area contributed by atoms with Crippen LogP contribution in [0.15, 0.2) is 18.2 Å². The molecule has 1 atom stereocenters. The Morgan fingerprint density at radius 2 is 2.39 bits per heavy atom. The summed E-state index contributed by atoms with van der Waals surface area (Å²) in [7, 11) is 0. The summed E-state index contributed by atoms with van der Waals surface area (Å²) < 4.78 is 2.35. The van der Waals surface area contributed by atoms with Crippen LogP contribution in [-0.4, -0.2) is 22.6 Å². The van der Waals surface area contributed by atoms with Gasteiger partial charge < -0.3 is 9.88 Å². The Morgan fingerprint density at radius 1 is 1.50 bits per heavy atom. The predicted molar refractivity (Wildman–Crippen MR) is 75.3 cm³/mol. The summed E-state index contributed by atoms with van der Waals surface area (Å²) in [5.41, 5.74) is 2.24. The van der Waals surface area contributed by atoms with Crippen LogP contribution in [0.1, 0.15) is 31.5 Å². The molecule has 0 bridgehead atoms. The zero-order valence-electron chi connectivity index (χ0n) is 10.6. The van der Waals surface area contributed by atoms with Crippen LogP contribution in [0.3, 0.4) is 0 Å². The molecule has 1 aromatic heterocycles. The molecule has 1 aliphatic heterocycles. The monoisotopic (exact) mass is 263 g/mol. The molecule has 0 aliphatic carbocycles. The molecule has 1 saturated heterocycles. The summed E-state index contributed by atoms with van der Waals surface area (Å²) in [6, 6.07) is 5.98. The van der Waals surface area contributed by atoms with Gasteiger partial charge in [-0.3, -0.25) is 0 Å². The lowest BCUT2D eigenvalue weighted by molar-refractivity contribution is 0.601. The van der Waals surface area contributed by atoms with E-state index in [-0.39, 0.29) is 0 Å². The number of fused-ring (bicyclic) bond motifs is 1. The largest absolute Gasteiger partial charge is 0.328 e. The van der Waals surface area contributed by atoms with Gasteiger partial charge in [-0.15, -0.1) is 0 Å². The van der Waals surface area contributed by atoms with Crippen LogP contribution < -0.4 is 5.32 Å². The molecule has 1 aromatic carbocycles. The minimum atomic E-state index is 0.544. The van der Waals surface area contributed by atoms with Gasteiger partial charge in [0.05, 0.1) is 11.0 Å². The van der Waals surface area contributed by atoms with Crippen molar-refractivity contribution >= 4 is 22.6 Å². The standard InChI is InChI=1S/C14H18ClN3/c1-2-7-18-13-8-11(15)3-4-12(13)17-14(18)10-5-6-16-9-10/h3-4,8,10,16H,2,5-7,9H2,1H3. The van der Waals surface area contributed by atoms with Crippen molar-refractivity contribution in [3.05, 3.63) is 29.0 Å². The third-order valence-corrected chi connectivity index (χ3v) is 3.85. The maximum Gasteiger partial charge on any atom is 0.114 e. The minimum absolute atomic E-state index is 0.544. The molecule has 0 saturated carbocycles. The van der Waals surface area contributed by atoms with Crippen molar-refractivity contribution in [2.24, 2.45) is 0 Å². The first-order chi connectivity index (χ1) is 8.79. The molecule has 96 valence electrons. The number of nitrogens with zero attached hydrogens (tertiary/aromatic N) is 2. The Kier molecular flexibility index (Phi) is 3.27. The second kappa shape index (κ2) is 4.90. The highest BCUT2D eigenvalue weighted by atomic mass is 35.5. The van der Waals surface area contributed by atoms with Gasteiger partial charge in [0.15, 0.2) is 0 Å². The van der Waals surface area contributed by atoms with Gasteiger partial charge >= 0.3 is 0 Å². The lowest BCUT2D eigenvalue weighted by atomic mass is 10.1. The Balaban J connectivity index is 2.13. The normalized spacial score (nSPS) is 19.8. The number of hydrogen-bond donors (Lipinski definition) is 1. The van der Waals surface area contributed by atoms with Crippen molar-refractivity contribution in [2.45, 2.75) is 32.2 Å². The highest BCUT2D eigenvalue weighted by Gasteiger charge is 2.23. The number of halogens is 1. The Labute approximate surface area is 112 Å². The fourth-order valence-corrected chi connectivity index (χ4v) is 2.93. The lowest BCUT2D eigenvalue weighted by Gasteiger charge is -2.12. The van der Waals surface area contributed by atoms with Crippen LogP contribution in [-0.2, 0) is 6.54 Å². The van der Waals surface area contributed by atoms with Crippen molar-refractivity contribution in [3.8, 4) is 0 Å². The topological polar surface area (TPSA) is 29.9 Å². The first-order valence-electron chi connectivity index (χ1n) is 6.66. The average Bonchev–Trinajstić information content (AvgIpc) is 2.98. The molecular formula is C14H18ClN3. The van der Waals surface area contributed by atoms with E-state index < -0.39 is 0 Å². The van der Waals surface area contributed by atoms with Gasteiger partial charge in [0.1, 0.15) is 5.82 Å². The highest BCUT2D eigenvalue weighted by Crippen LogP contribution is 2.28. The molecule has 18 heavy (non-hydrogen) atoms. The summed E-state index contributed by atoms with van der Waals surface area (Å²) >= 11 is 6.11. The summed E-state index contributed by atoms with van der Waals surface area (Å²) in [6.07, 6.45) is 2.30. The third-order valence-electron chi connectivity index (χ3n) is 3.61. The van der Waals surface area contributed by atoms with E-state index in [1.54, 1.807) is 0 Å². The predicted octanol–water partition coefficient (Wildman–Crippen LogP) is 3.18. The molecular weight excluding hydrogens is 246 g/mol. The maximum atomic E-state index is 6.11. The van der Waals surface area contributed by atoms with Crippen LogP contribution >= 0.6 is 11.6 Å². The SMILES string of the molecule is CCCn1c(C2CCNC2)nc2ccc(Cl)cc21. The van der Waals surface area contributed by atoms with Crippen molar-refractivity contribution in [3.63, 3.8) is 0 Å². The summed E-state index contributed by atoms with van der Waals surface area (Å²) in [4.78, 5) is 4.82.